The summed E-state index contributed by atoms with van der Waals surface area (Å²) in [6, 6.07) is 16.8. The molecule has 2 unspecified atom stereocenters. The minimum absolute atomic E-state index is 0.220. The van der Waals surface area contributed by atoms with Crippen molar-refractivity contribution in [2.45, 2.75) is 25.1 Å². The normalized spacial score (nSPS) is 20.3. The average Bonchev–Trinajstić information content (AvgIpc) is 2.84. The summed E-state index contributed by atoms with van der Waals surface area (Å²) in [7, 11) is 3.08. The number of anilines is 2. The lowest BCUT2D eigenvalue weighted by Gasteiger charge is -2.50. The van der Waals surface area contributed by atoms with Crippen molar-refractivity contribution >= 4 is 34.9 Å². The van der Waals surface area contributed by atoms with Crippen LogP contribution in [0.25, 0.3) is 0 Å². The summed E-state index contributed by atoms with van der Waals surface area (Å²) in [6.45, 7) is 1.87. The highest BCUT2D eigenvalue weighted by molar-refractivity contribution is 6.30. The average molecular weight is 494 g/mol. The van der Waals surface area contributed by atoms with Crippen LogP contribution in [0.4, 0.5) is 16.2 Å². The second-order valence-corrected chi connectivity index (χ2v) is 9.01. The van der Waals surface area contributed by atoms with E-state index >= 15 is 0 Å². The van der Waals surface area contributed by atoms with Crippen LogP contribution < -0.4 is 29.7 Å². The van der Waals surface area contributed by atoms with E-state index in [0.717, 1.165) is 5.56 Å². The first-order chi connectivity index (χ1) is 16.8. The lowest BCUT2D eigenvalue weighted by Crippen LogP contribution is -2.65. The zero-order chi connectivity index (χ0) is 24.7. The number of carbonyl (C=O) groups is 2. The molecule has 3 amide bonds. The van der Waals surface area contributed by atoms with Crippen LogP contribution in [0.3, 0.4) is 0 Å². The predicted molar refractivity (Wildman–Crippen MR) is 133 cm³/mol. The Morgan fingerprint density at radius 3 is 2.69 bits per heavy atom. The Morgan fingerprint density at radius 1 is 1.11 bits per heavy atom. The first-order valence-electron chi connectivity index (χ1n) is 11.0. The molecule has 9 heteroatoms. The number of nitrogens with zero attached hydrogens (tertiary/aromatic N) is 1. The van der Waals surface area contributed by atoms with Gasteiger partial charge in [-0.1, -0.05) is 17.7 Å². The Bertz CT molecular complexity index is 1330. The number of nitrogens with one attached hydrogen (secondary N) is 2. The summed E-state index contributed by atoms with van der Waals surface area (Å²) in [5, 5.41) is 6.48. The molecule has 2 N–H and O–H groups in total. The molecule has 0 spiro atoms. The van der Waals surface area contributed by atoms with Crippen molar-refractivity contribution in [3.05, 3.63) is 76.8 Å². The van der Waals surface area contributed by atoms with Gasteiger partial charge in [-0.3, -0.25) is 9.69 Å². The molecule has 3 aromatic carbocycles. The first-order valence-corrected chi connectivity index (χ1v) is 11.4. The van der Waals surface area contributed by atoms with Crippen molar-refractivity contribution in [2.24, 2.45) is 0 Å². The van der Waals surface area contributed by atoms with Crippen LogP contribution in [0.15, 0.2) is 60.7 Å². The topological polar surface area (TPSA) is 89.1 Å². The molecule has 0 saturated carbocycles. The van der Waals surface area contributed by atoms with Gasteiger partial charge in [0.05, 0.1) is 25.9 Å². The molecule has 3 aromatic rings. The molecule has 1 saturated heterocycles. The summed E-state index contributed by atoms with van der Waals surface area (Å²) in [5.41, 5.74) is 1.40. The molecular formula is C26H24ClN3O5. The van der Waals surface area contributed by atoms with E-state index in [0.29, 0.717) is 45.6 Å². The number of benzene rings is 3. The molecule has 180 valence electrons. The molecule has 2 atom stereocenters. The van der Waals surface area contributed by atoms with Gasteiger partial charge in [0.25, 0.3) is 5.91 Å². The molecular weight excluding hydrogens is 470 g/mol. The third kappa shape index (κ3) is 4.10. The number of amides is 3. The molecule has 8 nitrogen and oxygen atoms in total. The number of carbonyl (C=O) groups excluding carboxylic acids is 2. The number of hydrogen-bond acceptors (Lipinski definition) is 5. The third-order valence-corrected chi connectivity index (χ3v) is 6.48. The minimum atomic E-state index is -0.938. The van der Waals surface area contributed by atoms with E-state index in [9.17, 15) is 9.59 Å². The Morgan fingerprint density at radius 2 is 1.91 bits per heavy atom. The highest BCUT2D eigenvalue weighted by Gasteiger charge is 2.50. The van der Waals surface area contributed by atoms with Gasteiger partial charge in [0.15, 0.2) is 17.2 Å². The maximum Gasteiger partial charge on any atom is 0.325 e. The van der Waals surface area contributed by atoms with Crippen LogP contribution in [-0.2, 0) is 0 Å². The highest BCUT2D eigenvalue weighted by Crippen LogP contribution is 2.46. The monoisotopic (exact) mass is 493 g/mol. The number of urea groups is 1. The Labute approximate surface area is 207 Å². The largest absolute Gasteiger partial charge is 0.493 e. The Hall–Kier alpha value is -3.91. The number of methoxy groups -OCH3 is 2. The zero-order valence-corrected chi connectivity index (χ0v) is 20.2. The van der Waals surface area contributed by atoms with Gasteiger partial charge >= 0.3 is 6.03 Å². The maximum atomic E-state index is 13.2. The Balaban J connectivity index is 1.42. The fourth-order valence-corrected chi connectivity index (χ4v) is 4.82. The summed E-state index contributed by atoms with van der Waals surface area (Å²) >= 11 is 6.16. The number of rotatable bonds is 5. The van der Waals surface area contributed by atoms with Gasteiger partial charge in [0, 0.05) is 34.3 Å². The molecule has 2 heterocycles. The van der Waals surface area contributed by atoms with Crippen LogP contribution in [0, 0.1) is 0 Å². The standard InChI is InChI=1S/C26H24ClN3O5/c1-26-14-20(19-12-16(27)7-9-21(19)35-26)29-25(32)30(26)18-6-4-5-15(11-18)24(31)28-17-8-10-22(33-2)23(13-17)34-3/h4-13,20H,14H2,1-3H3,(H,28,31)(H,29,32). The lowest BCUT2D eigenvalue weighted by molar-refractivity contribution is 0.0378. The van der Waals surface area contributed by atoms with Crippen LogP contribution in [0.2, 0.25) is 5.02 Å². The SMILES string of the molecule is COc1ccc(NC(=O)c2cccc(N3C(=O)NC4CC3(C)Oc3ccc(Cl)cc34)c2)cc1OC. The maximum absolute atomic E-state index is 13.2. The molecule has 0 aromatic heterocycles. The van der Waals surface area contributed by atoms with Crippen molar-refractivity contribution in [3.8, 4) is 17.2 Å². The van der Waals surface area contributed by atoms with Gasteiger partial charge < -0.3 is 24.8 Å². The van der Waals surface area contributed by atoms with E-state index in [1.54, 1.807) is 60.5 Å². The smallest absolute Gasteiger partial charge is 0.325 e. The summed E-state index contributed by atoms with van der Waals surface area (Å²) in [4.78, 5) is 27.8. The zero-order valence-electron chi connectivity index (χ0n) is 19.4. The number of fused-ring (bicyclic) bond motifs is 4. The van der Waals surface area contributed by atoms with E-state index in [1.165, 1.54) is 7.11 Å². The van der Waals surface area contributed by atoms with Crippen molar-refractivity contribution in [2.75, 3.05) is 24.4 Å². The van der Waals surface area contributed by atoms with Crippen molar-refractivity contribution in [1.29, 1.82) is 0 Å². The van der Waals surface area contributed by atoms with Crippen LogP contribution in [0.1, 0.15) is 35.3 Å². The predicted octanol–water partition coefficient (Wildman–Crippen LogP) is 5.38. The van der Waals surface area contributed by atoms with Gasteiger partial charge in [-0.2, -0.15) is 0 Å². The van der Waals surface area contributed by atoms with Gasteiger partial charge in [-0.25, -0.2) is 4.79 Å². The summed E-state index contributed by atoms with van der Waals surface area (Å²) in [6.07, 6.45) is 0.522. The first kappa shape index (κ1) is 22.9. The fraction of sp³-hybridized carbons (Fsp3) is 0.231. The summed E-state index contributed by atoms with van der Waals surface area (Å²) < 4.78 is 16.9. The number of halogens is 1. The third-order valence-electron chi connectivity index (χ3n) is 6.24. The lowest BCUT2D eigenvalue weighted by atomic mass is 9.90. The van der Waals surface area contributed by atoms with Crippen molar-refractivity contribution in [3.63, 3.8) is 0 Å². The number of hydrogen-bond donors (Lipinski definition) is 2. The number of ether oxygens (including phenoxy) is 3. The fourth-order valence-electron chi connectivity index (χ4n) is 4.64. The molecule has 2 bridgehead atoms. The van der Waals surface area contributed by atoms with Crippen molar-refractivity contribution < 1.29 is 23.8 Å². The molecule has 35 heavy (non-hydrogen) atoms. The van der Waals surface area contributed by atoms with E-state index in [4.69, 9.17) is 25.8 Å². The second-order valence-electron chi connectivity index (χ2n) is 8.58. The molecule has 0 radical (unpaired) electrons. The molecule has 5 rings (SSSR count). The van der Waals surface area contributed by atoms with Gasteiger partial charge in [0.2, 0.25) is 0 Å². The Kier molecular flexibility index (Phi) is 5.68. The minimum Gasteiger partial charge on any atom is -0.493 e. The molecule has 2 aliphatic heterocycles. The van der Waals surface area contributed by atoms with E-state index in [1.807, 2.05) is 19.1 Å². The van der Waals surface area contributed by atoms with Gasteiger partial charge in [-0.05, 0) is 55.5 Å². The molecule has 1 fully saturated rings. The van der Waals surface area contributed by atoms with E-state index in [-0.39, 0.29) is 18.0 Å². The quantitative estimate of drug-likeness (QED) is 0.498. The second kappa shape index (κ2) is 8.70. The molecule has 2 aliphatic rings. The van der Waals surface area contributed by atoms with Gasteiger partial charge in [-0.15, -0.1) is 0 Å². The van der Waals surface area contributed by atoms with Crippen molar-refractivity contribution in [1.82, 2.24) is 5.32 Å². The van der Waals surface area contributed by atoms with E-state index < -0.39 is 5.72 Å². The van der Waals surface area contributed by atoms with Crippen LogP contribution in [0.5, 0.6) is 17.2 Å². The van der Waals surface area contributed by atoms with Gasteiger partial charge in [0.1, 0.15) is 5.75 Å². The molecule has 0 aliphatic carbocycles. The van der Waals surface area contributed by atoms with Crippen LogP contribution in [-0.4, -0.2) is 31.9 Å². The van der Waals surface area contributed by atoms with Crippen LogP contribution >= 0.6 is 11.6 Å². The van der Waals surface area contributed by atoms with E-state index in [2.05, 4.69) is 10.6 Å². The highest BCUT2D eigenvalue weighted by atomic mass is 35.5. The summed E-state index contributed by atoms with van der Waals surface area (Å²) in [5.74, 6) is 1.40.